The molecule has 1 aromatic carbocycles. The second-order valence-electron chi connectivity index (χ2n) is 6.45. The molecule has 1 aliphatic heterocycles. The lowest BCUT2D eigenvalue weighted by atomic mass is 10.1. The summed E-state index contributed by atoms with van der Waals surface area (Å²) in [6.45, 7) is 4.10. The molecular weight excluding hydrogens is 382 g/mol. The third kappa shape index (κ3) is 3.24. The summed E-state index contributed by atoms with van der Waals surface area (Å²) in [7, 11) is 2.09. The molecule has 1 aliphatic rings. The molecule has 1 saturated heterocycles. The van der Waals surface area contributed by atoms with Crippen molar-refractivity contribution in [2.45, 2.75) is 6.54 Å². The molecule has 5 nitrogen and oxygen atoms in total. The van der Waals surface area contributed by atoms with E-state index >= 15 is 0 Å². The van der Waals surface area contributed by atoms with Gasteiger partial charge in [0.2, 0.25) is 0 Å². The molecule has 1 fully saturated rings. The summed E-state index contributed by atoms with van der Waals surface area (Å²) in [5.41, 5.74) is 2.60. The number of amides is 1. The van der Waals surface area contributed by atoms with Crippen LogP contribution in [-0.4, -0.2) is 46.5 Å². The lowest BCUT2D eigenvalue weighted by Gasteiger charge is -2.34. The highest BCUT2D eigenvalue weighted by Crippen LogP contribution is 2.22. The third-order valence-electron chi connectivity index (χ3n) is 4.82. The first-order valence-electron chi connectivity index (χ1n) is 8.42. The zero-order chi connectivity index (χ0) is 17.4. The molecule has 0 aliphatic carbocycles. The second-order valence-corrected chi connectivity index (χ2v) is 7.24. The van der Waals surface area contributed by atoms with Crippen LogP contribution < -0.4 is 0 Å². The summed E-state index contributed by atoms with van der Waals surface area (Å²) in [6, 6.07) is 12.0. The lowest BCUT2D eigenvalue weighted by Crippen LogP contribution is -2.48. The van der Waals surface area contributed by atoms with Crippen LogP contribution in [0.1, 0.15) is 16.1 Å². The van der Waals surface area contributed by atoms with Gasteiger partial charge in [0.25, 0.3) is 5.91 Å². The molecule has 0 atom stereocenters. The fourth-order valence-electron chi connectivity index (χ4n) is 3.49. The maximum atomic E-state index is 12.4. The van der Waals surface area contributed by atoms with Crippen LogP contribution in [0.15, 0.2) is 51.7 Å². The Hall–Kier alpha value is -2.05. The van der Waals surface area contributed by atoms with Crippen molar-refractivity contribution >= 4 is 32.7 Å². The molecule has 130 valence electrons. The van der Waals surface area contributed by atoms with Crippen LogP contribution in [-0.2, 0) is 13.6 Å². The first-order valence-corrected chi connectivity index (χ1v) is 9.21. The first-order chi connectivity index (χ1) is 12.1. The highest BCUT2D eigenvalue weighted by Gasteiger charge is 2.24. The summed E-state index contributed by atoms with van der Waals surface area (Å²) in [5.74, 6) is 0.366. The Morgan fingerprint density at radius 1 is 1.12 bits per heavy atom. The van der Waals surface area contributed by atoms with Crippen LogP contribution in [0.2, 0.25) is 0 Å². The molecule has 0 saturated carbocycles. The van der Waals surface area contributed by atoms with Gasteiger partial charge < -0.3 is 13.9 Å². The van der Waals surface area contributed by atoms with Gasteiger partial charge in [-0.25, -0.2) is 0 Å². The van der Waals surface area contributed by atoms with Gasteiger partial charge in [0, 0.05) is 56.9 Å². The first kappa shape index (κ1) is 16.4. The SMILES string of the molecule is Cn1cc(CN2CCN(C(=O)c3ccc(Br)o3)CC2)c2ccccc21. The molecule has 3 aromatic rings. The van der Waals surface area contributed by atoms with E-state index < -0.39 is 0 Å². The highest BCUT2D eigenvalue weighted by atomic mass is 79.9. The molecule has 25 heavy (non-hydrogen) atoms. The van der Waals surface area contributed by atoms with E-state index in [0.29, 0.717) is 10.4 Å². The number of benzene rings is 1. The van der Waals surface area contributed by atoms with Crippen molar-refractivity contribution in [3.63, 3.8) is 0 Å². The number of piperazine rings is 1. The average molecular weight is 402 g/mol. The van der Waals surface area contributed by atoms with E-state index in [0.717, 1.165) is 32.7 Å². The minimum Gasteiger partial charge on any atom is -0.444 e. The number of rotatable bonds is 3. The number of nitrogens with zero attached hydrogens (tertiary/aromatic N) is 3. The van der Waals surface area contributed by atoms with Crippen molar-refractivity contribution in [2.75, 3.05) is 26.2 Å². The fraction of sp³-hybridized carbons (Fsp3) is 0.316. The van der Waals surface area contributed by atoms with E-state index in [9.17, 15) is 4.79 Å². The molecule has 0 bridgehead atoms. The van der Waals surface area contributed by atoms with Gasteiger partial charge in [0.15, 0.2) is 10.4 Å². The number of hydrogen-bond donors (Lipinski definition) is 0. The van der Waals surface area contributed by atoms with Crippen LogP contribution in [0.25, 0.3) is 10.9 Å². The van der Waals surface area contributed by atoms with E-state index in [1.54, 1.807) is 12.1 Å². The number of halogens is 1. The van der Waals surface area contributed by atoms with Crippen molar-refractivity contribution in [1.82, 2.24) is 14.4 Å². The molecule has 2 aromatic heterocycles. The zero-order valence-electron chi connectivity index (χ0n) is 14.1. The Morgan fingerprint density at radius 2 is 1.88 bits per heavy atom. The van der Waals surface area contributed by atoms with Gasteiger partial charge >= 0.3 is 0 Å². The van der Waals surface area contributed by atoms with Crippen LogP contribution in [0.3, 0.4) is 0 Å². The van der Waals surface area contributed by atoms with Gasteiger partial charge in [0.05, 0.1) is 0 Å². The number of aromatic nitrogens is 1. The maximum absolute atomic E-state index is 12.4. The van der Waals surface area contributed by atoms with Gasteiger partial charge in [-0.1, -0.05) is 18.2 Å². The Labute approximate surface area is 154 Å². The monoisotopic (exact) mass is 401 g/mol. The number of furan rings is 1. The minimum absolute atomic E-state index is 0.0319. The molecule has 6 heteroatoms. The largest absolute Gasteiger partial charge is 0.444 e. The van der Waals surface area contributed by atoms with Crippen molar-refractivity contribution in [3.8, 4) is 0 Å². The van der Waals surface area contributed by atoms with Gasteiger partial charge in [-0.15, -0.1) is 0 Å². The van der Waals surface area contributed by atoms with Crippen LogP contribution in [0.4, 0.5) is 0 Å². The van der Waals surface area contributed by atoms with E-state index in [1.165, 1.54) is 16.5 Å². The van der Waals surface area contributed by atoms with Gasteiger partial charge in [-0.2, -0.15) is 0 Å². The smallest absolute Gasteiger partial charge is 0.289 e. The molecule has 3 heterocycles. The van der Waals surface area contributed by atoms with Crippen molar-refractivity contribution in [2.24, 2.45) is 7.05 Å². The van der Waals surface area contributed by atoms with Crippen molar-refractivity contribution < 1.29 is 9.21 Å². The summed E-state index contributed by atoms with van der Waals surface area (Å²) < 4.78 is 8.15. The predicted molar refractivity (Wildman–Crippen MR) is 101 cm³/mol. The van der Waals surface area contributed by atoms with Gasteiger partial charge in [-0.05, 0) is 39.7 Å². The van der Waals surface area contributed by atoms with Crippen molar-refractivity contribution in [3.05, 3.63) is 58.6 Å². The topological polar surface area (TPSA) is 41.6 Å². The Bertz CT molecular complexity index is 906. The Morgan fingerprint density at radius 3 is 2.60 bits per heavy atom. The van der Waals surface area contributed by atoms with E-state index in [2.05, 4.69) is 62.9 Å². The maximum Gasteiger partial charge on any atom is 0.289 e. The summed E-state index contributed by atoms with van der Waals surface area (Å²) in [6.07, 6.45) is 2.21. The normalized spacial score (nSPS) is 15.8. The molecular formula is C19H20BrN3O2. The van der Waals surface area contributed by atoms with Crippen LogP contribution in [0, 0.1) is 0 Å². The minimum atomic E-state index is -0.0319. The molecule has 0 spiro atoms. The lowest BCUT2D eigenvalue weighted by molar-refractivity contribution is 0.0597. The standard InChI is InChI=1S/C19H20BrN3O2/c1-21-12-14(15-4-2-3-5-16(15)21)13-22-8-10-23(11-9-22)19(24)17-6-7-18(20)25-17/h2-7,12H,8-11,13H2,1H3. The average Bonchev–Trinajstić information content (AvgIpc) is 3.20. The number of para-hydroxylation sites is 1. The van der Waals surface area contributed by atoms with Gasteiger partial charge in [-0.3, -0.25) is 9.69 Å². The van der Waals surface area contributed by atoms with E-state index in [1.807, 2.05) is 4.90 Å². The molecule has 0 unspecified atom stereocenters. The fourth-order valence-corrected chi connectivity index (χ4v) is 3.79. The molecule has 0 radical (unpaired) electrons. The zero-order valence-corrected chi connectivity index (χ0v) is 15.7. The molecule has 0 N–H and O–H groups in total. The quantitative estimate of drug-likeness (QED) is 0.674. The second kappa shape index (κ2) is 6.69. The Balaban J connectivity index is 1.41. The summed E-state index contributed by atoms with van der Waals surface area (Å²) in [5, 5.41) is 1.31. The van der Waals surface area contributed by atoms with Crippen molar-refractivity contribution in [1.29, 1.82) is 0 Å². The van der Waals surface area contributed by atoms with Crippen LogP contribution >= 0.6 is 15.9 Å². The predicted octanol–water partition coefficient (Wildman–Crippen LogP) is 3.49. The summed E-state index contributed by atoms with van der Waals surface area (Å²) >= 11 is 3.25. The van der Waals surface area contributed by atoms with E-state index in [4.69, 9.17) is 4.42 Å². The number of aryl methyl sites for hydroxylation is 1. The number of carbonyl (C=O) groups excluding carboxylic acids is 1. The van der Waals surface area contributed by atoms with Gasteiger partial charge in [0.1, 0.15) is 0 Å². The third-order valence-corrected chi connectivity index (χ3v) is 5.24. The van der Waals surface area contributed by atoms with Crippen LogP contribution in [0.5, 0.6) is 0 Å². The van der Waals surface area contributed by atoms with E-state index in [-0.39, 0.29) is 5.91 Å². The summed E-state index contributed by atoms with van der Waals surface area (Å²) in [4.78, 5) is 16.7. The molecule has 1 amide bonds. The highest BCUT2D eigenvalue weighted by molar-refractivity contribution is 9.10. The number of carbonyl (C=O) groups is 1. The Kier molecular flexibility index (Phi) is 4.39. The number of hydrogen-bond acceptors (Lipinski definition) is 3. The molecule has 4 rings (SSSR count). The number of fused-ring (bicyclic) bond motifs is 1.